The SMILES string of the molecule is CCC/C=C\C#CC[C@@H](O)/C=C/CCCCCCC(=O)O. The molecule has 0 saturated carbocycles. The van der Waals surface area contributed by atoms with Gasteiger partial charge in [-0.15, -0.1) is 0 Å². The van der Waals surface area contributed by atoms with Gasteiger partial charge in [0.2, 0.25) is 0 Å². The smallest absolute Gasteiger partial charge is 0.303 e. The van der Waals surface area contributed by atoms with Crippen molar-refractivity contribution in [2.45, 2.75) is 70.8 Å². The zero-order valence-electron chi connectivity index (χ0n) is 13.1. The second kappa shape index (κ2) is 14.9. The second-order valence-corrected chi connectivity index (χ2v) is 5.06. The van der Waals surface area contributed by atoms with Crippen LogP contribution in [-0.4, -0.2) is 22.3 Å². The van der Waals surface area contributed by atoms with Crippen LogP contribution in [0.2, 0.25) is 0 Å². The predicted molar refractivity (Wildman–Crippen MR) is 86.9 cm³/mol. The molecule has 3 heteroatoms. The maximum atomic E-state index is 10.3. The van der Waals surface area contributed by atoms with E-state index in [1.807, 2.05) is 18.2 Å². The molecule has 0 aromatic heterocycles. The Labute approximate surface area is 128 Å². The summed E-state index contributed by atoms with van der Waals surface area (Å²) < 4.78 is 0. The third kappa shape index (κ3) is 16.4. The lowest BCUT2D eigenvalue weighted by Gasteiger charge is -1.99. The van der Waals surface area contributed by atoms with E-state index in [-0.39, 0.29) is 6.42 Å². The summed E-state index contributed by atoms with van der Waals surface area (Å²) >= 11 is 0. The van der Waals surface area contributed by atoms with Crippen molar-refractivity contribution in [3.05, 3.63) is 24.3 Å². The quantitative estimate of drug-likeness (QED) is 0.343. The number of aliphatic hydroxyl groups is 1. The number of carboxylic acid groups (broad SMARTS) is 1. The van der Waals surface area contributed by atoms with Gasteiger partial charge >= 0.3 is 5.97 Å². The first kappa shape index (κ1) is 19.5. The Hall–Kier alpha value is -1.53. The van der Waals surface area contributed by atoms with E-state index in [0.717, 1.165) is 44.9 Å². The van der Waals surface area contributed by atoms with Gasteiger partial charge in [0.05, 0.1) is 6.10 Å². The van der Waals surface area contributed by atoms with E-state index in [9.17, 15) is 9.90 Å². The highest BCUT2D eigenvalue weighted by atomic mass is 16.4. The monoisotopic (exact) mass is 292 g/mol. The van der Waals surface area contributed by atoms with E-state index >= 15 is 0 Å². The number of hydrogen-bond acceptors (Lipinski definition) is 2. The van der Waals surface area contributed by atoms with Crippen LogP contribution in [-0.2, 0) is 4.79 Å². The highest BCUT2D eigenvalue weighted by Crippen LogP contribution is 2.06. The third-order valence-electron chi connectivity index (χ3n) is 2.94. The molecule has 118 valence electrons. The van der Waals surface area contributed by atoms with Gasteiger partial charge in [0.25, 0.3) is 0 Å². The second-order valence-electron chi connectivity index (χ2n) is 5.06. The lowest BCUT2D eigenvalue weighted by atomic mass is 10.1. The first-order valence-corrected chi connectivity index (χ1v) is 7.86. The van der Waals surface area contributed by atoms with Crippen LogP contribution in [0.5, 0.6) is 0 Å². The van der Waals surface area contributed by atoms with Crippen LogP contribution in [0.25, 0.3) is 0 Å². The summed E-state index contributed by atoms with van der Waals surface area (Å²) in [6.07, 6.45) is 14.8. The molecule has 1 atom stereocenters. The lowest BCUT2D eigenvalue weighted by Crippen LogP contribution is -1.99. The van der Waals surface area contributed by atoms with Crippen molar-refractivity contribution in [2.75, 3.05) is 0 Å². The molecule has 0 aromatic carbocycles. The van der Waals surface area contributed by atoms with E-state index in [0.29, 0.717) is 6.42 Å². The first-order valence-electron chi connectivity index (χ1n) is 7.86. The van der Waals surface area contributed by atoms with Crippen molar-refractivity contribution in [3.63, 3.8) is 0 Å². The molecule has 0 heterocycles. The molecule has 0 aliphatic heterocycles. The molecule has 0 aliphatic carbocycles. The van der Waals surface area contributed by atoms with E-state index in [1.165, 1.54) is 0 Å². The molecule has 0 spiro atoms. The number of carboxylic acids is 1. The molecule has 0 aliphatic rings. The number of rotatable bonds is 11. The molecule has 0 saturated heterocycles. The van der Waals surface area contributed by atoms with Crippen molar-refractivity contribution in [2.24, 2.45) is 0 Å². The van der Waals surface area contributed by atoms with Gasteiger partial charge in [-0.3, -0.25) is 4.79 Å². The minimum absolute atomic E-state index is 0.264. The molecule has 0 fully saturated rings. The van der Waals surface area contributed by atoms with E-state index in [1.54, 1.807) is 6.08 Å². The zero-order chi connectivity index (χ0) is 15.8. The molecule has 2 N–H and O–H groups in total. The van der Waals surface area contributed by atoms with Crippen LogP contribution in [0.3, 0.4) is 0 Å². The Balaban J connectivity index is 3.53. The molecule has 0 rings (SSSR count). The van der Waals surface area contributed by atoms with E-state index in [2.05, 4.69) is 18.8 Å². The topological polar surface area (TPSA) is 57.5 Å². The molecular weight excluding hydrogens is 264 g/mol. The Bertz CT molecular complexity index is 372. The Kier molecular flexibility index (Phi) is 13.8. The van der Waals surface area contributed by atoms with Crippen molar-refractivity contribution in [1.29, 1.82) is 0 Å². The Morgan fingerprint density at radius 3 is 2.62 bits per heavy atom. The molecule has 0 aromatic rings. The Morgan fingerprint density at radius 1 is 1.14 bits per heavy atom. The largest absolute Gasteiger partial charge is 0.481 e. The van der Waals surface area contributed by atoms with Crippen LogP contribution >= 0.6 is 0 Å². The van der Waals surface area contributed by atoms with Crippen molar-refractivity contribution >= 4 is 5.97 Å². The summed E-state index contributed by atoms with van der Waals surface area (Å²) in [6, 6.07) is 0. The van der Waals surface area contributed by atoms with Gasteiger partial charge in [-0.2, -0.15) is 0 Å². The molecule has 21 heavy (non-hydrogen) atoms. The molecule has 3 nitrogen and oxygen atoms in total. The van der Waals surface area contributed by atoms with Crippen LogP contribution in [0, 0.1) is 11.8 Å². The van der Waals surface area contributed by atoms with Crippen molar-refractivity contribution in [3.8, 4) is 11.8 Å². The van der Waals surface area contributed by atoms with Gasteiger partial charge in [0, 0.05) is 12.8 Å². The number of allylic oxidation sites excluding steroid dienone is 3. The molecule has 0 amide bonds. The predicted octanol–water partition coefficient (Wildman–Crippen LogP) is 4.08. The van der Waals surface area contributed by atoms with Gasteiger partial charge in [0.1, 0.15) is 0 Å². The van der Waals surface area contributed by atoms with Crippen LogP contribution in [0.4, 0.5) is 0 Å². The van der Waals surface area contributed by atoms with Crippen LogP contribution < -0.4 is 0 Å². The number of carbonyl (C=O) groups is 1. The van der Waals surface area contributed by atoms with E-state index < -0.39 is 12.1 Å². The fourth-order valence-electron chi connectivity index (χ4n) is 1.74. The number of aliphatic carboxylic acids is 1. The molecule has 0 unspecified atom stereocenters. The summed E-state index contributed by atoms with van der Waals surface area (Å²) in [7, 11) is 0. The zero-order valence-corrected chi connectivity index (χ0v) is 13.1. The fourth-order valence-corrected chi connectivity index (χ4v) is 1.74. The standard InChI is InChI=1S/C18H28O3/c1-2-3-4-5-8-11-14-17(19)15-12-9-6-7-10-13-16-18(20)21/h4-5,12,15,17,19H,2-3,6-7,9-10,13-14,16H2,1H3,(H,20,21)/b5-4-,15-12+/t17-/m1/s1. The molecule has 0 radical (unpaired) electrons. The van der Waals surface area contributed by atoms with Gasteiger partial charge in [-0.25, -0.2) is 0 Å². The van der Waals surface area contributed by atoms with Crippen molar-refractivity contribution < 1.29 is 15.0 Å². The fraction of sp³-hybridized carbons (Fsp3) is 0.611. The number of unbranched alkanes of at least 4 members (excludes halogenated alkanes) is 5. The minimum Gasteiger partial charge on any atom is -0.481 e. The average molecular weight is 292 g/mol. The van der Waals surface area contributed by atoms with Crippen LogP contribution in [0.15, 0.2) is 24.3 Å². The van der Waals surface area contributed by atoms with Gasteiger partial charge in [0.15, 0.2) is 0 Å². The minimum atomic E-state index is -0.719. The maximum Gasteiger partial charge on any atom is 0.303 e. The highest BCUT2D eigenvalue weighted by molar-refractivity contribution is 5.66. The maximum absolute atomic E-state index is 10.3. The Morgan fingerprint density at radius 2 is 1.90 bits per heavy atom. The normalized spacial score (nSPS) is 12.5. The summed E-state index contributed by atoms with van der Waals surface area (Å²) in [5.41, 5.74) is 0. The van der Waals surface area contributed by atoms with Crippen LogP contribution in [0.1, 0.15) is 64.7 Å². The summed E-state index contributed by atoms with van der Waals surface area (Å²) in [5, 5.41) is 18.2. The average Bonchev–Trinajstić information content (AvgIpc) is 2.45. The van der Waals surface area contributed by atoms with Gasteiger partial charge in [-0.1, -0.05) is 56.3 Å². The van der Waals surface area contributed by atoms with Crippen molar-refractivity contribution in [1.82, 2.24) is 0 Å². The summed E-state index contributed by atoms with van der Waals surface area (Å²) in [6.45, 7) is 2.12. The van der Waals surface area contributed by atoms with Gasteiger partial charge in [-0.05, 0) is 31.8 Å². The molecular formula is C18H28O3. The van der Waals surface area contributed by atoms with E-state index in [4.69, 9.17) is 5.11 Å². The number of aliphatic hydroxyl groups excluding tert-OH is 1. The van der Waals surface area contributed by atoms with Gasteiger partial charge < -0.3 is 10.2 Å². The first-order chi connectivity index (χ1) is 10.2. The lowest BCUT2D eigenvalue weighted by molar-refractivity contribution is -0.137. The summed E-state index contributed by atoms with van der Waals surface area (Å²) in [5.74, 6) is 5.12. The molecule has 0 bridgehead atoms. The third-order valence-corrected chi connectivity index (χ3v) is 2.94. The summed E-state index contributed by atoms with van der Waals surface area (Å²) in [4.78, 5) is 10.3. The highest BCUT2D eigenvalue weighted by Gasteiger charge is 1.96. The number of hydrogen-bond donors (Lipinski definition) is 2.